The molecule has 1 aromatic carbocycles. The predicted molar refractivity (Wildman–Crippen MR) is 88.8 cm³/mol. The number of anilines is 1. The molecule has 1 atom stereocenters. The largest absolute Gasteiger partial charge is 0.368 e. The lowest BCUT2D eigenvalue weighted by Crippen LogP contribution is -2.33. The first-order valence-corrected chi connectivity index (χ1v) is 7.74. The SMILES string of the molecule is CCN(c1ccc(C#N)c(Cl)c1)C1CC=C(c2cnc[nH]2)C1. The molecule has 5 heteroatoms. The minimum atomic E-state index is 0.410. The van der Waals surface area contributed by atoms with Crippen molar-refractivity contribution in [1.82, 2.24) is 9.97 Å². The molecule has 3 rings (SSSR count). The Labute approximate surface area is 135 Å². The molecule has 0 amide bonds. The molecule has 1 aliphatic carbocycles. The summed E-state index contributed by atoms with van der Waals surface area (Å²) in [6.45, 7) is 3.04. The Kier molecular flexibility index (Phi) is 4.17. The van der Waals surface area contributed by atoms with Gasteiger partial charge in [-0.3, -0.25) is 0 Å². The van der Waals surface area contributed by atoms with Crippen LogP contribution in [0.25, 0.3) is 5.57 Å². The number of nitriles is 1. The van der Waals surface area contributed by atoms with Crippen molar-refractivity contribution in [2.45, 2.75) is 25.8 Å². The molecule has 4 nitrogen and oxygen atoms in total. The number of H-pyrrole nitrogens is 1. The molecule has 0 radical (unpaired) electrons. The number of hydrogen-bond donors (Lipinski definition) is 1. The molecule has 1 unspecified atom stereocenters. The van der Waals surface area contributed by atoms with Crippen LogP contribution in [0.1, 0.15) is 31.0 Å². The third-order valence-corrected chi connectivity index (χ3v) is 4.43. The van der Waals surface area contributed by atoms with Crippen molar-refractivity contribution in [3.63, 3.8) is 0 Å². The van der Waals surface area contributed by atoms with Gasteiger partial charge in [0.2, 0.25) is 0 Å². The van der Waals surface area contributed by atoms with Crippen LogP contribution in [0.2, 0.25) is 5.02 Å². The highest BCUT2D eigenvalue weighted by Crippen LogP contribution is 2.33. The van der Waals surface area contributed by atoms with Gasteiger partial charge in [-0.05, 0) is 43.5 Å². The van der Waals surface area contributed by atoms with E-state index in [4.69, 9.17) is 16.9 Å². The summed E-state index contributed by atoms with van der Waals surface area (Å²) in [6, 6.07) is 8.16. The van der Waals surface area contributed by atoms with Crippen molar-refractivity contribution < 1.29 is 0 Å². The molecule has 1 heterocycles. The molecule has 0 aliphatic heterocycles. The van der Waals surface area contributed by atoms with Gasteiger partial charge in [0.05, 0.1) is 28.8 Å². The van der Waals surface area contributed by atoms with Crippen LogP contribution in [0.5, 0.6) is 0 Å². The molecule has 2 aromatic rings. The van der Waals surface area contributed by atoms with Crippen LogP contribution in [-0.4, -0.2) is 22.6 Å². The maximum absolute atomic E-state index is 8.99. The summed E-state index contributed by atoms with van der Waals surface area (Å²) in [6.07, 6.45) is 7.82. The van der Waals surface area contributed by atoms with E-state index in [0.717, 1.165) is 30.8 Å². The second kappa shape index (κ2) is 6.25. The molecule has 0 saturated heterocycles. The van der Waals surface area contributed by atoms with E-state index in [0.29, 0.717) is 16.6 Å². The summed E-state index contributed by atoms with van der Waals surface area (Å²) >= 11 is 6.17. The Morgan fingerprint density at radius 3 is 3.00 bits per heavy atom. The van der Waals surface area contributed by atoms with Gasteiger partial charge in [-0.15, -0.1) is 0 Å². The fourth-order valence-corrected chi connectivity index (χ4v) is 3.23. The standard InChI is InChI=1S/C17H17ClN4/c1-2-22(15-6-4-13(9-19)16(18)8-15)14-5-3-12(7-14)17-10-20-11-21-17/h3-4,6,8,10-11,14H,2,5,7H2,1H3,(H,20,21). The molecule has 0 fully saturated rings. The summed E-state index contributed by atoms with van der Waals surface area (Å²) in [4.78, 5) is 9.59. The van der Waals surface area contributed by atoms with Crippen molar-refractivity contribution in [2.75, 3.05) is 11.4 Å². The first kappa shape index (κ1) is 14.7. The van der Waals surface area contributed by atoms with E-state index in [2.05, 4.69) is 33.9 Å². The molecule has 22 heavy (non-hydrogen) atoms. The van der Waals surface area contributed by atoms with Gasteiger partial charge in [0.15, 0.2) is 0 Å². The topological polar surface area (TPSA) is 55.7 Å². The third kappa shape index (κ3) is 2.72. The number of imidazole rings is 1. The number of nitrogens with zero attached hydrogens (tertiary/aromatic N) is 3. The molecular formula is C17H17ClN4. The summed E-state index contributed by atoms with van der Waals surface area (Å²) < 4.78 is 0. The number of nitrogens with one attached hydrogen (secondary N) is 1. The molecule has 0 bridgehead atoms. The Morgan fingerprint density at radius 2 is 2.36 bits per heavy atom. The molecule has 112 valence electrons. The number of aromatic nitrogens is 2. The van der Waals surface area contributed by atoms with Crippen LogP contribution in [0.15, 0.2) is 36.8 Å². The Balaban J connectivity index is 1.79. The van der Waals surface area contributed by atoms with Crippen LogP contribution in [0.3, 0.4) is 0 Å². The Morgan fingerprint density at radius 1 is 1.50 bits per heavy atom. The maximum atomic E-state index is 8.99. The van der Waals surface area contributed by atoms with Crippen LogP contribution in [0, 0.1) is 11.3 Å². The molecular weight excluding hydrogens is 296 g/mol. The van der Waals surface area contributed by atoms with Crippen LogP contribution >= 0.6 is 11.6 Å². The van der Waals surface area contributed by atoms with Gasteiger partial charge in [0.25, 0.3) is 0 Å². The van der Waals surface area contributed by atoms with Crippen molar-refractivity contribution in [1.29, 1.82) is 5.26 Å². The lowest BCUT2D eigenvalue weighted by Gasteiger charge is -2.30. The van der Waals surface area contributed by atoms with Gasteiger partial charge < -0.3 is 9.88 Å². The van der Waals surface area contributed by atoms with Gasteiger partial charge in [-0.2, -0.15) is 5.26 Å². The van der Waals surface area contributed by atoms with E-state index in [-0.39, 0.29) is 0 Å². The maximum Gasteiger partial charge on any atom is 0.101 e. The quantitative estimate of drug-likeness (QED) is 0.928. The van der Waals surface area contributed by atoms with Crippen molar-refractivity contribution in [2.24, 2.45) is 0 Å². The average molecular weight is 313 g/mol. The smallest absolute Gasteiger partial charge is 0.101 e. The van der Waals surface area contributed by atoms with Gasteiger partial charge in [-0.25, -0.2) is 4.98 Å². The number of hydrogen-bond acceptors (Lipinski definition) is 3. The van der Waals surface area contributed by atoms with Crippen molar-refractivity contribution >= 4 is 22.9 Å². The van der Waals surface area contributed by atoms with Crippen LogP contribution in [0.4, 0.5) is 5.69 Å². The summed E-state index contributed by atoms with van der Waals surface area (Å²) in [5.74, 6) is 0. The molecule has 0 spiro atoms. The predicted octanol–water partition coefficient (Wildman–Crippen LogP) is 4.01. The summed E-state index contributed by atoms with van der Waals surface area (Å²) in [7, 11) is 0. The Bertz CT molecular complexity index is 728. The average Bonchev–Trinajstić information content (AvgIpc) is 3.19. The van der Waals surface area contributed by atoms with E-state index in [1.54, 1.807) is 12.4 Å². The van der Waals surface area contributed by atoms with Crippen LogP contribution in [-0.2, 0) is 0 Å². The number of halogens is 1. The summed E-state index contributed by atoms with van der Waals surface area (Å²) in [5.41, 5.74) is 3.98. The normalized spacial score (nSPS) is 17.1. The van der Waals surface area contributed by atoms with E-state index in [1.165, 1.54) is 5.57 Å². The van der Waals surface area contributed by atoms with Gasteiger partial charge in [-0.1, -0.05) is 17.7 Å². The fraction of sp³-hybridized carbons (Fsp3) is 0.294. The molecule has 1 N–H and O–H groups in total. The zero-order valence-electron chi connectivity index (χ0n) is 12.4. The van der Waals surface area contributed by atoms with E-state index < -0.39 is 0 Å². The van der Waals surface area contributed by atoms with Gasteiger partial charge in [0.1, 0.15) is 6.07 Å². The summed E-state index contributed by atoms with van der Waals surface area (Å²) in [5, 5.41) is 9.50. The van der Waals surface area contributed by atoms with Gasteiger partial charge >= 0.3 is 0 Å². The monoisotopic (exact) mass is 312 g/mol. The van der Waals surface area contributed by atoms with Crippen LogP contribution < -0.4 is 4.90 Å². The highest BCUT2D eigenvalue weighted by atomic mass is 35.5. The third-order valence-electron chi connectivity index (χ3n) is 4.12. The zero-order chi connectivity index (χ0) is 15.5. The second-order valence-electron chi connectivity index (χ2n) is 5.35. The number of benzene rings is 1. The highest BCUT2D eigenvalue weighted by Gasteiger charge is 2.24. The minimum Gasteiger partial charge on any atom is -0.368 e. The lowest BCUT2D eigenvalue weighted by molar-refractivity contribution is 0.641. The second-order valence-corrected chi connectivity index (χ2v) is 5.76. The van der Waals surface area contributed by atoms with E-state index in [9.17, 15) is 0 Å². The first-order chi connectivity index (χ1) is 10.7. The highest BCUT2D eigenvalue weighted by molar-refractivity contribution is 6.32. The molecule has 0 saturated carbocycles. The lowest BCUT2D eigenvalue weighted by atomic mass is 10.1. The number of aromatic amines is 1. The van der Waals surface area contributed by atoms with E-state index in [1.807, 2.05) is 18.3 Å². The zero-order valence-corrected chi connectivity index (χ0v) is 13.1. The van der Waals surface area contributed by atoms with Crippen molar-refractivity contribution in [3.8, 4) is 6.07 Å². The fourth-order valence-electron chi connectivity index (χ4n) is 3.01. The molecule has 1 aliphatic rings. The van der Waals surface area contributed by atoms with Crippen molar-refractivity contribution in [3.05, 3.63) is 53.1 Å². The molecule has 1 aromatic heterocycles. The van der Waals surface area contributed by atoms with Gasteiger partial charge in [0, 0.05) is 18.3 Å². The first-order valence-electron chi connectivity index (χ1n) is 7.37. The Hall–Kier alpha value is -2.25. The minimum absolute atomic E-state index is 0.410. The number of rotatable bonds is 4. The van der Waals surface area contributed by atoms with E-state index >= 15 is 0 Å².